The largest absolute Gasteiger partial charge is 0.399 e. The molecule has 2 aromatic rings. The molecule has 1 aromatic heterocycles. The Morgan fingerprint density at radius 1 is 1.36 bits per heavy atom. The minimum absolute atomic E-state index is 0.220. The number of benzene rings is 1. The Bertz CT molecular complexity index is 558. The summed E-state index contributed by atoms with van der Waals surface area (Å²) in [6.07, 6.45) is 0. The zero-order valence-corrected chi connectivity index (χ0v) is 7.66. The molecule has 14 heavy (non-hydrogen) atoms. The third kappa shape index (κ3) is 1.19. The van der Waals surface area contributed by atoms with Crippen LogP contribution in [0.4, 0.5) is 11.4 Å². The van der Waals surface area contributed by atoms with Crippen molar-refractivity contribution in [2.75, 3.05) is 11.5 Å². The van der Waals surface area contributed by atoms with E-state index in [0.717, 1.165) is 0 Å². The number of fused-ring (bicyclic) bond motifs is 1. The Kier molecular flexibility index (Phi) is 1.67. The SMILES string of the molecule is Cc1nc2c(N)cc(N)cc2[nH]c1=O. The van der Waals surface area contributed by atoms with Gasteiger partial charge in [0.1, 0.15) is 11.2 Å². The Balaban J connectivity index is 2.96. The van der Waals surface area contributed by atoms with Crippen LogP contribution in [0, 0.1) is 6.92 Å². The minimum Gasteiger partial charge on any atom is -0.399 e. The summed E-state index contributed by atoms with van der Waals surface area (Å²) in [6, 6.07) is 3.26. The van der Waals surface area contributed by atoms with Crippen molar-refractivity contribution in [1.82, 2.24) is 9.97 Å². The summed E-state index contributed by atoms with van der Waals surface area (Å²) in [4.78, 5) is 18.0. The predicted octanol–water partition coefficient (Wildman–Crippen LogP) is 0.396. The number of hydrogen-bond donors (Lipinski definition) is 3. The number of hydrogen-bond acceptors (Lipinski definition) is 4. The van der Waals surface area contributed by atoms with Crippen LogP contribution in [-0.2, 0) is 0 Å². The third-order valence-corrected chi connectivity index (χ3v) is 2.02. The van der Waals surface area contributed by atoms with Gasteiger partial charge in [-0.15, -0.1) is 0 Å². The van der Waals surface area contributed by atoms with Crippen LogP contribution in [0.2, 0.25) is 0 Å². The second kappa shape index (κ2) is 2.73. The van der Waals surface area contributed by atoms with E-state index in [2.05, 4.69) is 9.97 Å². The summed E-state index contributed by atoms with van der Waals surface area (Å²) in [5.74, 6) is 0. The Hall–Kier alpha value is -2.04. The number of rotatable bonds is 0. The van der Waals surface area contributed by atoms with Crippen molar-refractivity contribution in [1.29, 1.82) is 0 Å². The molecule has 1 heterocycles. The average Bonchev–Trinajstić information content (AvgIpc) is 2.08. The quantitative estimate of drug-likeness (QED) is 0.523. The molecule has 5 N–H and O–H groups in total. The van der Waals surface area contributed by atoms with Gasteiger partial charge in [0.15, 0.2) is 0 Å². The molecule has 0 aliphatic heterocycles. The molecule has 0 saturated heterocycles. The highest BCUT2D eigenvalue weighted by Gasteiger charge is 2.04. The smallest absolute Gasteiger partial charge is 0.269 e. The molecule has 2 rings (SSSR count). The second-order valence-corrected chi connectivity index (χ2v) is 3.16. The number of nitrogens with zero attached hydrogens (tertiary/aromatic N) is 1. The molecular weight excluding hydrogens is 180 g/mol. The van der Waals surface area contributed by atoms with Gasteiger partial charge in [0.25, 0.3) is 5.56 Å². The molecule has 5 heteroatoms. The molecule has 0 atom stereocenters. The van der Waals surface area contributed by atoms with Crippen molar-refractivity contribution in [2.24, 2.45) is 0 Å². The van der Waals surface area contributed by atoms with Crippen LogP contribution in [0.1, 0.15) is 5.69 Å². The van der Waals surface area contributed by atoms with Crippen LogP contribution in [0.15, 0.2) is 16.9 Å². The second-order valence-electron chi connectivity index (χ2n) is 3.16. The molecule has 72 valence electrons. The molecule has 0 amide bonds. The molecule has 0 radical (unpaired) electrons. The van der Waals surface area contributed by atoms with Gasteiger partial charge in [-0.3, -0.25) is 4.79 Å². The van der Waals surface area contributed by atoms with E-state index in [-0.39, 0.29) is 5.56 Å². The lowest BCUT2D eigenvalue weighted by Crippen LogP contribution is -2.12. The topological polar surface area (TPSA) is 97.8 Å². The highest BCUT2D eigenvalue weighted by atomic mass is 16.1. The zero-order valence-electron chi connectivity index (χ0n) is 7.66. The van der Waals surface area contributed by atoms with Crippen LogP contribution in [0.5, 0.6) is 0 Å². The summed E-state index contributed by atoms with van der Waals surface area (Å²) >= 11 is 0. The van der Waals surface area contributed by atoms with Gasteiger partial charge < -0.3 is 16.5 Å². The Morgan fingerprint density at radius 3 is 2.79 bits per heavy atom. The van der Waals surface area contributed by atoms with Crippen molar-refractivity contribution in [3.05, 3.63) is 28.2 Å². The Morgan fingerprint density at radius 2 is 2.07 bits per heavy atom. The van der Waals surface area contributed by atoms with Crippen molar-refractivity contribution in [3.63, 3.8) is 0 Å². The number of aromatic amines is 1. The van der Waals surface area contributed by atoms with E-state index in [9.17, 15) is 4.79 Å². The van der Waals surface area contributed by atoms with Crippen molar-refractivity contribution >= 4 is 22.4 Å². The standard InChI is InChI=1S/C9H10N4O/c1-4-9(14)13-7-3-5(10)2-6(11)8(7)12-4/h2-3H,10-11H2,1H3,(H,13,14). The maximum absolute atomic E-state index is 11.3. The number of nitrogens with one attached hydrogen (secondary N) is 1. The van der Waals surface area contributed by atoms with Gasteiger partial charge in [-0.05, 0) is 19.1 Å². The molecule has 0 aliphatic rings. The average molecular weight is 190 g/mol. The maximum Gasteiger partial charge on any atom is 0.269 e. The van der Waals surface area contributed by atoms with Crippen molar-refractivity contribution in [2.45, 2.75) is 6.92 Å². The van der Waals surface area contributed by atoms with E-state index in [1.165, 1.54) is 0 Å². The van der Waals surface area contributed by atoms with Gasteiger partial charge in [-0.25, -0.2) is 4.98 Å². The van der Waals surface area contributed by atoms with Crippen LogP contribution in [0.25, 0.3) is 11.0 Å². The maximum atomic E-state index is 11.3. The molecular formula is C9H10N4O. The van der Waals surface area contributed by atoms with Crippen LogP contribution >= 0.6 is 0 Å². The lowest BCUT2D eigenvalue weighted by molar-refractivity contribution is 1.12. The molecule has 0 saturated carbocycles. The normalized spacial score (nSPS) is 10.6. The first kappa shape index (κ1) is 8.55. The van der Waals surface area contributed by atoms with E-state index in [4.69, 9.17) is 11.5 Å². The molecule has 5 nitrogen and oxygen atoms in total. The van der Waals surface area contributed by atoms with Gasteiger partial charge in [0.05, 0.1) is 11.2 Å². The van der Waals surface area contributed by atoms with Crippen molar-refractivity contribution < 1.29 is 0 Å². The lowest BCUT2D eigenvalue weighted by Gasteiger charge is -2.03. The number of nitrogens with two attached hydrogens (primary N) is 2. The van der Waals surface area contributed by atoms with Gasteiger partial charge in [-0.1, -0.05) is 0 Å². The Labute approximate surface area is 79.8 Å². The first-order chi connectivity index (χ1) is 6.58. The van der Waals surface area contributed by atoms with Crippen molar-refractivity contribution in [3.8, 4) is 0 Å². The number of aryl methyl sites for hydroxylation is 1. The monoisotopic (exact) mass is 190 g/mol. The van der Waals surface area contributed by atoms with Gasteiger partial charge in [0.2, 0.25) is 0 Å². The fourth-order valence-corrected chi connectivity index (χ4v) is 1.33. The fraction of sp³-hybridized carbons (Fsp3) is 0.111. The molecule has 0 spiro atoms. The molecule has 1 aromatic carbocycles. The summed E-state index contributed by atoms with van der Waals surface area (Å²) < 4.78 is 0. The first-order valence-electron chi connectivity index (χ1n) is 4.13. The van der Waals surface area contributed by atoms with Gasteiger partial charge in [-0.2, -0.15) is 0 Å². The van der Waals surface area contributed by atoms with Gasteiger partial charge in [0, 0.05) is 5.69 Å². The summed E-state index contributed by atoms with van der Waals surface area (Å²) in [5, 5.41) is 0. The van der Waals surface area contributed by atoms with Crippen LogP contribution in [0.3, 0.4) is 0 Å². The number of aromatic nitrogens is 2. The highest BCUT2D eigenvalue weighted by Crippen LogP contribution is 2.19. The molecule has 0 bridgehead atoms. The predicted molar refractivity (Wildman–Crippen MR) is 55.9 cm³/mol. The zero-order chi connectivity index (χ0) is 10.3. The summed E-state index contributed by atoms with van der Waals surface area (Å²) in [5.41, 5.74) is 13.6. The van der Waals surface area contributed by atoms with E-state index in [0.29, 0.717) is 28.1 Å². The van der Waals surface area contributed by atoms with Gasteiger partial charge >= 0.3 is 0 Å². The molecule has 0 unspecified atom stereocenters. The van der Waals surface area contributed by atoms with E-state index in [1.807, 2.05) is 0 Å². The highest BCUT2D eigenvalue weighted by molar-refractivity contribution is 5.89. The minimum atomic E-state index is -0.220. The fourth-order valence-electron chi connectivity index (χ4n) is 1.33. The van der Waals surface area contributed by atoms with Crippen LogP contribution < -0.4 is 17.0 Å². The third-order valence-electron chi connectivity index (χ3n) is 2.02. The number of anilines is 2. The number of nitrogen functional groups attached to an aromatic ring is 2. The molecule has 0 fully saturated rings. The van der Waals surface area contributed by atoms with E-state index >= 15 is 0 Å². The number of H-pyrrole nitrogens is 1. The van der Waals surface area contributed by atoms with E-state index < -0.39 is 0 Å². The molecule has 0 aliphatic carbocycles. The summed E-state index contributed by atoms with van der Waals surface area (Å²) in [7, 11) is 0. The first-order valence-corrected chi connectivity index (χ1v) is 4.13. The van der Waals surface area contributed by atoms with E-state index in [1.54, 1.807) is 19.1 Å². The van der Waals surface area contributed by atoms with Crippen LogP contribution in [-0.4, -0.2) is 9.97 Å². The lowest BCUT2D eigenvalue weighted by atomic mass is 10.2. The summed E-state index contributed by atoms with van der Waals surface area (Å²) in [6.45, 7) is 1.63.